The SMILES string of the molecule is CN1CC[C@H](n2c(O)c(C(Cc3ccc(C(F)(F)F)cc3C(F)(F)F)=c3ccc4c(c3)C=NN=4)sc2=O)[C@@H](O)C1. The molecule has 0 amide bonds. The Bertz CT molecular complexity index is 1680. The van der Waals surface area contributed by atoms with Gasteiger partial charge in [-0.05, 0) is 54.1 Å². The molecule has 2 N–H and O–H groups in total. The van der Waals surface area contributed by atoms with Gasteiger partial charge in [0, 0.05) is 25.1 Å². The van der Waals surface area contributed by atoms with Gasteiger partial charge in [0.15, 0.2) is 0 Å². The molecule has 2 aliphatic rings. The van der Waals surface area contributed by atoms with E-state index in [0.717, 1.165) is 10.6 Å². The second kappa shape index (κ2) is 10.2. The number of alkyl halides is 6. The molecule has 7 nitrogen and oxygen atoms in total. The maximum Gasteiger partial charge on any atom is 0.416 e. The highest BCUT2D eigenvalue weighted by Gasteiger charge is 2.39. The number of fused-ring (bicyclic) bond motifs is 1. The van der Waals surface area contributed by atoms with Crippen molar-refractivity contribution in [3.63, 3.8) is 0 Å². The van der Waals surface area contributed by atoms with Gasteiger partial charge in [-0.3, -0.25) is 9.36 Å². The molecule has 40 heavy (non-hydrogen) atoms. The molecular formula is C26H22F6N4O3S. The van der Waals surface area contributed by atoms with Gasteiger partial charge in [-0.25, -0.2) is 0 Å². The summed E-state index contributed by atoms with van der Waals surface area (Å²) in [5, 5.41) is 30.4. The Morgan fingerprint density at radius 3 is 2.52 bits per heavy atom. The van der Waals surface area contributed by atoms with Crippen molar-refractivity contribution in [3.8, 4) is 5.88 Å². The van der Waals surface area contributed by atoms with Crippen LogP contribution in [-0.4, -0.2) is 52.1 Å². The lowest BCUT2D eigenvalue weighted by Gasteiger charge is -2.34. The molecule has 5 rings (SSSR count). The van der Waals surface area contributed by atoms with Crippen LogP contribution in [0.5, 0.6) is 5.88 Å². The minimum atomic E-state index is -5.11. The highest BCUT2D eigenvalue weighted by molar-refractivity contribution is 7.10. The Morgan fingerprint density at radius 2 is 1.85 bits per heavy atom. The summed E-state index contributed by atoms with van der Waals surface area (Å²) >= 11 is 0.591. The molecule has 0 unspecified atom stereocenters. The van der Waals surface area contributed by atoms with Crippen molar-refractivity contribution >= 4 is 23.1 Å². The largest absolute Gasteiger partial charge is 0.493 e. The van der Waals surface area contributed by atoms with E-state index in [1.54, 1.807) is 19.2 Å². The summed E-state index contributed by atoms with van der Waals surface area (Å²) in [7, 11) is 1.79. The van der Waals surface area contributed by atoms with Crippen LogP contribution in [0.15, 0.2) is 51.4 Å². The van der Waals surface area contributed by atoms with E-state index >= 15 is 0 Å². The number of aromatic nitrogens is 1. The van der Waals surface area contributed by atoms with Crippen LogP contribution >= 0.6 is 11.3 Å². The topological polar surface area (TPSA) is 90.4 Å². The summed E-state index contributed by atoms with van der Waals surface area (Å²) in [5.74, 6) is -0.530. The van der Waals surface area contributed by atoms with Crippen molar-refractivity contribution in [2.45, 2.75) is 37.3 Å². The van der Waals surface area contributed by atoms with E-state index in [1.807, 2.05) is 4.90 Å². The standard InChI is InChI=1S/C26H22F6N4O3S/c1-35-7-6-20(21(37)12-35)36-23(38)22(40-24(36)39)17(13-3-5-19-15(8-13)11-33-34-19)9-14-2-4-16(25(27,28)29)10-18(14)26(30,31)32/h2-5,8,10-11,20-21,37-38H,6-7,9,12H2,1H3/t20-,21-/m0/s1. The predicted octanol–water partition coefficient (Wildman–Crippen LogP) is 3.30. The van der Waals surface area contributed by atoms with E-state index in [4.69, 9.17) is 0 Å². The molecule has 2 aromatic carbocycles. The minimum Gasteiger partial charge on any atom is -0.493 e. The Kier molecular flexibility index (Phi) is 7.13. The van der Waals surface area contributed by atoms with Gasteiger partial charge in [-0.2, -0.15) is 36.5 Å². The number of benzene rings is 2. The number of likely N-dealkylation sites (tertiary alicyclic amines) is 1. The first-order chi connectivity index (χ1) is 18.7. The smallest absolute Gasteiger partial charge is 0.416 e. The number of aromatic hydroxyl groups is 1. The first-order valence-electron chi connectivity index (χ1n) is 12.1. The van der Waals surface area contributed by atoms with E-state index in [1.165, 1.54) is 12.3 Å². The molecule has 1 fully saturated rings. The molecule has 0 radical (unpaired) electrons. The van der Waals surface area contributed by atoms with Crippen LogP contribution in [0, 0.1) is 0 Å². The molecule has 2 aliphatic heterocycles. The van der Waals surface area contributed by atoms with Crippen molar-refractivity contribution in [3.05, 3.63) is 83.8 Å². The molecule has 212 valence electrons. The number of halogens is 6. The molecule has 1 saturated heterocycles. The first-order valence-corrected chi connectivity index (χ1v) is 12.9. The summed E-state index contributed by atoms with van der Waals surface area (Å²) < 4.78 is 82.7. The molecule has 2 atom stereocenters. The van der Waals surface area contributed by atoms with Crippen molar-refractivity contribution in [2.75, 3.05) is 20.1 Å². The maximum absolute atomic E-state index is 14.0. The van der Waals surface area contributed by atoms with Crippen LogP contribution in [0.3, 0.4) is 0 Å². The fourth-order valence-corrected chi connectivity index (χ4v) is 6.01. The lowest BCUT2D eigenvalue weighted by Crippen LogP contribution is -2.44. The Balaban J connectivity index is 1.71. The number of rotatable bonds is 4. The third kappa shape index (κ3) is 5.30. The molecule has 1 aromatic heterocycles. The number of thiazole rings is 1. The lowest BCUT2D eigenvalue weighted by atomic mass is 9.94. The number of aliphatic hydroxyl groups excluding tert-OH is 1. The Hall–Kier alpha value is -3.49. The maximum atomic E-state index is 14.0. The number of hydrogen-bond acceptors (Lipinski definition) is 7. The predicted molar refractivity (Wildman–Crippen MR) is 135 cm³/mol. The quantitative estimate of drug-likeness (QED) is 0.461. The van der Waals surface area contributed by atoms with Crippen molar-refractivity contribution in [1.82, 2.24) is 9.47 Å². The Labute approximate surface area is 226 Å². The van der Waals surface area contributed by atoms with Crippen LogP contribution in [-0.2, 0) is 18.8 Å². The van der Waals surface area contributed by atoms with Crippen molar-refractivity contribution in [2.24, 2.45) is 10.2 Å². The summed E-state index contributed by atoms with van der Waals surface area (Å²) in [5.41, 5.74) is -2.77. The van der Waals surface area contributed by atoms with Gasteiger partial charge in [0.1, 0.15) is 0 Å². The zero-order chi connectivity index (χ0) is 29.0. The zero-order valence-electron chi connectivity index (χ0n) is 20.8. The average Bonchev–Trinajstić information content (AvgIpc) is 3.45. The van der Waals surface area contributed by atoms with E-state index in [9.17, 15) is 41.4 Å². The second-order valence-electron chi connectivity index (χ2n) is 9.72. The summed E-state index contributed by atoms with van der Waals surface area (Å²) in [6.45, 7) is 0.774. The molecule has 0 aliphatic carbocycles. The molecule has 14 heteroatoms. The number of hydrogen-bond donors (Lipinski definition) is 2. The minimum absolute atomic E-state index is 0.0454. The fourth-order valence-electron chi connectivity index (χ4n) is 5.01. The van der Waals surface area contributed by atoms with E-state index in [2.05, 4.69) is 10.2 Å². The lowest BCUT2D eigenvalue weighted by molar-refractivity contribution is -0.143. The zero-order valence-corrected chi connectivity index (χ0v) is 21.6. The summed E-state index contributed by atoms with van der Waals surface area (Å²) in [6, 6.07) is 5.28. The van der Waals surface area contributed by atoms with Crippen molar-refractivity contribution < 1.29 is 36.6 Å². The second-order valence-corrected chi connectivity index (χ2v) is 10.7. The number of β-amino-alcohol motifs (C(OH)–C–C–N with tert-alkyl or cyclic N) is 1. The van der Waals surface area contributed by atoms with Crippen LogP contribution in [0.25, 0.3) is 5.57 Å². The van der Waals surface area contributed by atoms with Gasteiger partial charge in [-0.1, -0.05) is 23.5 Å². The number of likely N-dealkylation sites (N-methyl/N-ethyl adjacent to an activating group) is 1. The number of nitrogens with zero attached hydrogens (tertiary/aromatic N) is 4. The van der Waals surface area contributed by atoms with Crippen LogP contribution < -0.4 is 15.4 Å². The third-order valence-corrected chi connectivity index (χ3v) is 8.03. The molecule has 0 bridgehead atoms. The number of aliphatic hydroxyl groups is 1. The van der Waals surface area contributed by atoms with E-state index in [0.29, 0.717) is 46.5 Å². The van der Waals surface area contributed by atoms with Gasteiger partial charge in [0.25, 0.3) is 0 Å². The monoisotopic (exact) mass is 584 g/mol. The molecule has 0 saturated carbocycles. The highest BCUT2D eigenvalue weighted by Crippen LogP contribution is 2.40. The van der Waals surface area contributed by atoms with Crippen molar-refractivity contribution in [1.29, 1.82) is 0 Å². The molecule has 3 heterocycles. The third-order valence-electron chi connectivity index (χ3n) is 7.02. The molecule has 3 aromatic rings. The van der Waals surface area contributed by atoms with E-state index < -0.39 is 58.4 Å². The molecular weight excluding hydrogens is 562 g/mol. The van der Waals surface area contributed by atoms with E-state index in [-0.39, 0.29) is 23.1 Å². The van der Waals surface area contributed by atoms with Gasteiger partial charge >= 0.3 is 17.2 Å². The van der Waals surface area contributed by atoms with Crippen LogP contribution in [0.4, 0.5) is 26.3 Å². The molecule has 0 spiro atoms. The Morgan fingerprint density at radius 1 is 1.10 bits per heavy atom. The summed E-state index contributed by atoms with van der Waals surface area (Å²) in [6.07, 6.45) is -9.87. The van der Waals surface area contributed by atoms with Gasteiger partial charge in [0.2, 0.25) is 5.88 Å². The van der Waals surface area contributed by atoms with Gasteiger partial charge < -0.3 is 15.1 Å². The first kappa shape index (κ1) is 28.1. The van der Waals surface area contributed by atoms with Gasteiger partial charge in [-0.15, -0.1) is 0 Å². The fraction of sp³-hybridized carbons (Fsp3) is 0.346. The van der Waals surface area contributed by atoms with Crippen LogP contribution in [0.2, 0.25) is 0 Å². The van der Waals surface area contributed by atoms with Gasteiger partial charge in [0.05, 0.1) is 39.7 Å². The number of piperidine rings is 1. The normalized spacial score (nSPS) is 20.4. The summed E-state index contributed by atoms with van der Waals surface area (Å²) in [4.78, 5) is 14.3. The van der Waals surface area contributed by atoms with Crippen LogP contribution in [0.1, 0.15) is 39.6 Å². The average molecular weight is 585 g/mol. The highest BCUT2D eigenvalue weighted by atomic mass is 32.1.